The van der Waals surface area contributed by atoms with Crippen LogP contribution in [0, 0.1) is 0 Å². The van der Waals surface area contributed by atoms with Gasteiger partial charge in [-0.2, -0.15) is 0 Å². The van der Waals surface area contributed by atoms with Crippen molar-refractivity contribution in [2.24, 2.45) is 0 Å². The van der Waals surface area contributed by atoms with Gasteiger partial charge >= 0.3 is 12.1 Å². The number of nitrogens with one attached hydrogen (secondary N) is 2. The molecule has 0 unspecified atom stereocenters. The topological polar surface area (TPSA) is 125 Å². The summed E-state index contributed by atoms with van der Waals surface area (Å²) in [4.78, 5) is 37.4. The maximum absolute atomic E-state index is 13.1. The molecule has 0 spiro atoms. The summed E-state index contributed by atoms with van der Waals surface area (Å²) in [7, 11) is 0. The van der Waals surface area contributed by atoms with Gasteiger partial charge in [0.2, 0.25) is 5.91 Å². The zero-order chi connectivity index (χ0) is 24.1. The molecule has 8 nitrogen and oxygen atoms in total. The lowest BCUT2D eigenvalue weighted by atomic mass is 9.80. The normalized spacial score (nSPS) is 17.2. The Morgan fingerprint density at radius 2 is 1.56 bits per heavy atom. The van der Waals surface area contributed by atoms with Gasteiger partial charge in [0.05, 0.1) is 0 Å². The standard InChI is InChI=1S/C26H30N2O6/c29-15-12-22(23(30)31)27-24(32)26(13-6-1-7-14-26)28-25(33)34-16-21-19-10-4-2-8-17(19)18-9-3-5-11-20(18)21/h2-5,8-11,21-22,29H,1,6-7,12-16H2,(H,27,32)(H,28,33)(H,30,31)/t22-/m1/s1. The van der Waals surface area contributed by atoms with Crippen molar-refractivity contribution in [3.05, 3.63) is 59.7 Å². The highest BCUT2D eigenvalue weighted by Crippen LogP contribution is 2.44. The number of rotatable bonds is 8. The number of fused-ring (bicyclic) bond motifs is 3. The summed E-state index contributed by atoms with van der Waals surface area (Å²) in [6.07, 6.45) is 2.38. The molecule has 8 heteroatoms. The van der Waals surface area contributed by atoms with Crippen LogP contribution < -0.4 is 10.6 Å². The summed E-state index contributed by atoms with van der Waals surface area (Å²) in [6, 6.07) is 14.8. The Morgan fingerprint density at radius 1 is 0.971 bits per heavy atom. The molecule has 0 radical (unpaired) electrons. The minimum absolute atomic E-state index is 0.102. The van der Waals surface area contributed by atoms with Crippen LogP contribution in [0.4, 0.5) is 4.79 Å². The quantitative estimate of drug-likeness (QED) is 0.474. The lowest BCUT2D eigenvalue weighted by Crippen LogP contribution is -2.62. The van der Waals surface area contributed by atoms with E-state index in [0.717, 1.165) is 41.5 Å². The van der Waals surface area contributed by atoms with Crippen LogP contribution in [0.2, 0.25) is 0 Å². The Bertz CT molecular complexity index is 1020. The van der Waals surface area contributed by atoms with Gasteiger partial charge in [-0.1, -0.05) is 67.8 Å². The number of hydrogen-bond acceptors (Lipinski definition) is 5. The van der Waals surface area contributed by atoms with Crippen molar-refractivity contribution >= 4 is 18.0 Å². The third-order valence-corrected chi connectivity index (χ3v) is 6.85. The van der Waals surface area contributed by atoms with E-state index in [-0.39, 0.29) is 25.6 Å². The first-order valence-electron chi connectivity index (χ1n) is 11.7. The minimum Gasteiger partial charge on any atom is -0.480 e. The van der Waals surface area contributed by atoms with Crippen LogP contribution in [-0.4, -0.2) is 53.0 Å². The number of carboxylic acids is 1. The number of alkyl carbamates (subject to hydrolysis) is 1. The fraction of sp³-hybridized carbons (Fsp3) is 0.423. The molecule has 4 rings (SSSR count). The van der Waals surface area contributed by atoms with Gasteiger partial charge in [-0.3, -0.25) is 4.79 Å². The highest BCUT2D eigenvalue weighted by atomic mass is 16.5. The number of benzene rings is 2. The Labute approximate surface area is 198 Å². The zero-order valence-electron chi connectivity index (χ0n) is 19.0. The second-order valence-corrected chi connectivity index (χ2v) is 8.97. The summed E-state index contributed by atoms with van der Waals surface area (Å²) in [5.41, 5.74) is 3.20. The molecule has 0 heterocycles. The van der Waals surface area contributed by atoms with Crippen molar-refractivity contribution in [3.63, 3.8) is 0 Å². The van der Waals surface area contributed by atoms with Crippen LogP contribution in [0.15, 0.2) is 48.5 Å². The third-order valence-electron chi connectivity index (χ3n) is 6.85. The van der Waals surface area contributed by atoms with Crippen molar-refractivity contribution in [2.75, 3.05) is 13.2 Å². The number of aliphatic hydroxyl groups is 1. The van der Waals surface area contributed by atoms with E-state index in [9.17, 15) is 19.5 Å². The van der Waals surface area contributed by atoms with Gasteiger partial charge in [0.1, 0.15) is 18.2 Å². The van der Waals surface area contributed by atoms with Crippen molar-refractivity contribution in [1.29, 1.82) is 0 Å². The molecule has 0 saturated heterocycles. The van der Waals surface area contributed by atoms with Gasteiger partial charge in [-0.05, 0) is 35.1 Å². The highest BCUT2D eigenvalue weighted by Gasteiger charge is 2.43. The Hall–Kier alpha value is -3.39. The molecular weight excluding hydrogens is 436 g/mol. The predicted octanol–water partition coefficient (Wildman–Crippen LogP) is 3.18. The number of aliphatic hydroxyl groups excluding tert-OH is 1. The van der Waals surface area contributed by atoms with Crippen LogP contribution in [0.25, 0.3) is 11.1 Å². The average molecular weight is 467 g/mol. The van der Waals surface area contributed by atoms with Crippen molar-refractivity contribution < 1.29 is 29.3 Å². The van der Waals surface area contributed by atoms with E-state index in [0.29, 0.717) is 12.8 Å². The largest absolute Gasteiger partial charge is 0.480 e. The molecule has 1 fully saturated rings. The summed E-state index contributed by atoms with van der Waals surface area (Å²) in [5, 5.41) is 23.7. The maximum atomic E-state index is 13.1. The van der Waals surface area contributed by atoms with E-state index in [1.54, 1.807) is 0 Å². The van der Waals surface area contributed by atoms with E-state index >= 15 is 0 Å². The number of amides is 2. The Morgan fingerprint density at radius 3 is 2.12 bits per heavy atom. The molecule has 34 heavy (non-hydrogen) atoms. The van der Waals surface area contributed by atoms with E-state index in [1.807, 2.05) is 36.4 Å². The van der Waals surface area contributed by atoms with Crippen LogP contribution in [-0.2, 0) is 14.3 Å². The molecule has 0 bridgehead atoms. The fourth-order valence-corrected chi connectivity index (χ4v) is 5.08. The molecule has 2 amide bonds. The lowest BCUT2D eigenvalue weighted by molar-refractivity contribution is -0.143. The number of carbonyl (C=O) groups excluding carboxylic acids is 2. The molecule has 2 aliphatic rings. The second-order valence-electron chi connectivity index (χ2n) is 8.97. The number of carbonyl (C=O) groups is 3. The van der Waals surface area contributed by atoms with E-state index in [4.69, 9.17) is 9.84 Å². The molecule has 2 aliphatic carbocycles. The van der Waals surface area contributed by atoms with Crippen LogP contribution in [0.1, 0.15) is 55.6 Å². The van der Waals surface area contributed by atoms with Gasteiger partial charge in [-0.15, -0.1) is 0 Å². The predicted molar refractivity (Wildman–Crippen MR) is 125 cm³/mol. The van der Waals surface area contributed by atoms with Crippen molar-refractivity contribution in [1.82, 2.24) is 10.6 Å². The SMILES string of the molecule is O=C(NC1(C(=O)N[C@H](CCO)C(=O)O)CCCCC1)OCC1c2ccccc2-c2ccccc21. The molecule has 4 N–H and O–H groups in total. The van der Waals surface area contributed by atoms with E-state index in [1.165, 1.54) is 0 Å². The van der Waals surface area contributed by atoms with Gasteiger partial charge < -0.3 is 25.6 Å². The third kappa shape index (κ3) is 4.77. The van der Waals surface area contributed by atoms with Crippen molar-refractivity contribution in [3.8, 4) is 11.1 Å². The molecule has 180 valence electrons. The average Bonchev–Trinajstić information content (AvgIpc) is 3.16. The first kappa shape index (κ1) is 23.8. The second kappa shape index (κ2) is 10.3. The molecule has 0 aromatic heterocycles. The number of ether oxygens (including phenoxy) is 1. The van der Waals surface area contributed by atoms with Crippen LogP contribution in [0.5, 0.6) is 0 Å². The fourth-order valence-electron chi connectivity index (χ4n) is 5.08. The van der Waals surface area contributed by atoms with Gasteiger partial charge in [0.25, 0.3) is 0 Å². The maximum Gasteiger partial charge on any atom is 0.408 e. The summed E-state index contributed by atoms with van der Waals surface area (Å²) in [5.74, 6) is -1.88. The van der Waals surface area contributed by atoms with Gasteiger partial charge in [0.15, 0.2) is 0 Å². The number of hydrogen-bond donors (Lipinski definition) is 4. The first-order valence-corrected chi connectivity index (χ1v) is 11.7. The van der Waals surface area contributed by atoms with E-state index < -0.39 is 29.6 Å². The molecule has 1 atom stereocenters. The summed E-state index contributed by atoms with van der Waals surface area (Å²) in [6.45, 7) is -0.246. The van der Waals surface area contributed by atoms with Crippen molar-refractivity contribution in [2.45, 2.75) is 56.0 Å². The molecule has 1 saturated carbocycles. The molecular formula is C26H30N2O6. The first-order chi connectivity index (χ1) is 16.4. The number of carboxylic acid groups (broad SMARTS) is 1. The smallest absolute Gasteiger partial charge is 0.408 e. The molecule has 0 aliphatic heterocycles. The lowest BCUT2D eigenvalue weighted by Gasteiger charge is -2.37. The molecule has 2 aromatic carbocycles. The summed E-state index contributed by atoms with van der Waals surface area (Å²) >= 11 is 0. The van der Waals surface area contributed by atoms with Gasteiger partial charge in [-0.25, -0.2) is 9.59 Å². The molecule has 2 aromatic rings. The zero-order valence-corrected chi connectivity index (χ0v) is 19.0. The van der Waals surface area contributed by atoms with Crippen LogP contribution in [0.3, 0.4) is 0 Å². The highest BCUT2D eigenvalue weighted by molar-refractivity contribution is 5.93. The van der Waals surface area contributed by atoms with E-state index in [2.05, 4.69) is 22.8 Å². The van der Waals surface area contributed by atoms with Crippen LogP contribution >= 0.6 is 0 Å². The minimum atomic E-state index is -1.23. The Kier molecular flexibility index (Phi) is 7.17. The Balaban J connectivity index is 1.46. The summed E-state index contributed by atoms with van der Waals surface area (Å²) < 4.78 is 5.63. The van der Waals surface area contributed by atoms with Gasteiger partial charge in [0, 0.05) is 18.9 Å². The monoisotopic (exact) mass is 466 g/mol. The number of aliphatic carboxylic acids is 1.